The first-order chi connectivity index (χ1) is 12.5. The molecule has 0 saturated heterocycles. The third kappa shape index (κ3) is 4.08. The van der Waals surface area contributed by atoms with E-state index < -0.39 is 0 Å². The molecule has 134 valence electrons. The van der Waals surface area contributed by atoms with Crippen LogP contribution in [0.2, 0.25) is 5.02 Å². The van der Waals surface area contributed by atoms with E-state index in [2.05, 4.69) is 15.5 Å². The Morgan fingerprint density at radius 2 is 1.96 bits per heavy atom. The predicted molar refractivity (Wildman–Crippen MR) is 106 cm³/mol. The molecule has 3 aromatic rings. The average molecular weight is 387 g/mol. The van der Waals surface area contributed by atoms with Crippen molar-refractivity contribution in [2.75, 3.05) is 5.32 Å². The Morgan fingerprint density at radius 1 is 1.23 bits per heavy atom. The number of aromatic nitrogens is 3. The van der Waals surface area contributed by atoms with E-state index in [1.807, 2.05) is 67.8 Å². The van der Waals surface area contributed by atoms with Crippen LogP contribution in [0.15, 0.2) is 53.9 Å². The van der Waals surface area contributed by atoms with Crippen LogP contribution in [0.5, 0.6) is 0 Å². The topological polar surface area (TPSA) is 59.8 Å². The fourth-order valence-electron chi connectivity index (χ4n) is 2.58. The van der Waals surface area contributed by atoms with E-state index in [0.29, 0.717) is 15.9 Å². The standard InChI is InChI=1S/C19H19ClN4OS/c1-12-9-13(2)17(16(20)10-12)22-18(25)14(3)26-19-23-21-11-24(19)15-7-5-4-6-8-15/h4-11,14H,1-3H3,(H,22,25)/t14-/m1/s1. The van der Waals surface area contributed by atoms with Crippen LogP contribution in [-0.4, -0.2) is 25.9 Å². The van der Waals surface area contributed by atoms with Gasteiger partial charge >= 0.3 is 0 Å². The summed E-state index contributed by atoms with van der Waals surface area (Å²) in [6, 6.07) is 13.6. The Labute approximate surface area is 161 Å². The molecule has 1 amide bonds. The van der Waals surface area contributed by atoms with E-state index in [-0.39, 0.29) is 11.2 Å². The van der Waals surface area contributed by atoms with Crippen LogP contribution < -0.4 is 5.32 Å². The van der Waals surface area contributed by atoms with Crippen molar-refractivity contribution in [2.24, 2.45) is 0 Å². The maximum absolute atomic E-state index is 12.6. The fourth-order valence-corrected chi connectivity index (χ4v) is 3.79. The predicted octanol–water partition coefficient (Wildman–Crippen LogP) is 4.66. The van der Waals surface area contributed by atoms with E-state index in [9.17, 15) is 4.79 Å². The second-order valence-electron chi connectivity index (χ2n) is 6.01. The molecule has 0 aliphatic rings. The lowest BCUT2D eigenvalue weighted by atomic mass is 10.1. The highest BCUT2D eigenvalue weighted by atomic mass is 35.5. The average Bonchev–Trinajstić information content (AvgIpc) is 3.06. The molecular formula is C19H19ClN4OS. The minimum absolute atomic E-state index is 0.133. The first kappa shape index (κ1) is 18.5. The molecule has 1 aromatic heterocycles. The van der Waals surface area contributed by atoms with Crippen molar-refractivity contribution in [1.29, 1.82) is 0 Å². The maximum atomic E-state index is 12.6. The zero-order valence-electron chi connectivity index (χ0n) is 14.7. The van der Waals surface area contributed by atoms with Gasteiger partial charge in [0, 0.05) is 5.69 Å². The Hall–Kier alpha value is -2.31. The molecular weight excluding hydrogens is 368 g/mol. The Kier molecular flexibility index (Phi) is 5.64. The van der Waals surface area contributed by atoms with Crippen molar-refractivity contribution in [1.82, 2.24) is 14.8 Å². The SMILES string of the molecule is Cc1cc(C)c(NC(=O)[C@@H](C)Sc2nncn2-c2ccccc2)c(Cl)c1. The summed E-state index contributed by atoms with van der Waals surface area (Å²) in [5, 5.41) is 11.9. The van der Waals surface area contributed by atoms with Gasteiger partial charge in [-0.25, -0.2) is 0 Å². The zero-order chi connectivity index (χ0) is 18.7. The molecule has 2 aromatic carbocycles. The van der Waals surface area contributed by atoms with Gasteiger partial charge in [0.15, 0.2) is 5.16 Å². The van der Waals surface area contributed by atoms with Crippen LogP contribution in [0.1, 0.15) is 18.1 Å². The van der Waals surface area contributed by atoms with Crippen molar-refractivity contribution in [3.63, 3.8) is 0 Å². The van der Waals surface area contributed by atoms with Crippen LogP contribution in [0.4, 0.5) is 5.69 Å². The molecule has 0 spiro atoms. The number of benzene rings is 2. The molecule has 1 heterocycles. The lowest BCUT2D eigenvalue weighted by molar-refractivity contribution is -0.115. The third-order valence-corrected chi connectivity index (χ3v) is 5.24. The van der Waals surface area contributed by atoms with Crippen molar-refractivity contribution in [3.05, 3.63) is 64.9 Å². The van der Waals surface area contributed by atoms with Crippen molar-refractivity contribution in [2.45, 2.75) is 31.2 Å². The summed E-state index contributed by atoms with van der Waals surface area (Å²) >= 11 is 7.63. The molecule has 0 saturated carbocycles. The van der Waals surface area contributed by atoms with E-state index in [1.54, 1.807) is 6.33 Å². The normalized spacial score (nSPS) is 12.0. The van der Waals surface area contributed by atoms with E-state index in [0.717, 1.165) is 16.8 Å². The summed E-state index contributed by atoms with van der Waals surface area (Å²) in [4.78, 5) is 12.6. The van der Waals surface area contributed by atoms with Gasteiger partial charge < -0.3 is 5.32 Å². The molecule has 26 heavy (non-hydrogen) atoms. The van der Waals surface area contributed by atoms with Crippen molar-refractivity contribution >= 4 is 35.0 Å². The number of amides is 1. The van der Waals surface area contributed by atoms with Crippen LogP contribution in [-0.2, 0) is 4.79 Å². The van der Waals surface area contributed by atoms with Gasteiger partial charge in [0.05, 0.1) is 16.0 Å². The molecule has 1 atom stereocenters. The summed E-state index contributed by atoms with van der Waals surface area (Å²) < 4.78 is 1.86. The first-order valence-corrected chi connectivity index (χ1v) is 9.41. The highest BCUT2D eigenvalue weighted by molar-refractivity contribution is 8.00. The molecule has 0 unspecified atom stereocenters. The summed E-state index contributed by atoms with van der Waals surface area (Å²) in [6.07, 6.45) is 1.64. The maximum Gasteiger partial charge on any atom is 0.237 e. The molecule has 1 N–H and O–H groups in total. The summed E-state index contributed by atoms with van der Waals surface area (Å²) in [7, 11) is 0. The minimum Gasteiger partial charge on any atom is -0.324 e. The Bertz CT molecular complexity index is 903. The zero-order valence-corrected chi connectivity index (χ0v) is 16.3. The summed E-state index contributed by atoms with van der Waals surface area (Å²) in [6.45, 7) is 5.74. The Morgan fingerprint density at radius 3 is 2.65 bits per heavy atom. The lowest BCUT2D eigenvalue weighted by Crippen LogP contribution is -2.23. The second kappa shape index (κ2) is 7.93. The van der Waals surface area contributed by atoms with Crippen LogP contribution in [0, 0.1) is 13.8 Å². The van der Waals surface area contributed by atoms with Crippen LogP contribution in [0.3, 0.4) is 0 Å². The lowest BCUT2D eigenvalue weighted by Gasteiger charge is -2.15. The van der Waals surface area contributed by atoms with Crippen molar-refractivity contribution in [3.8, 4) is 5.69 Å². The molecule has 0 fully saturated rings. The van der Waals surface area contributed by atoms with Gasteiger partial charge in [-0.2, -0.15) is 0 Å². The Balaban J connectivity index is 1.74. The fraction of sp³-hybridized carbons (Fsp3) is 0.211. The summed E-state index contributed by atoms with van der Waals surface area (Å²) in [5.74, 6) is -0.133. The smallest absolute Gasteiger partial charge is 0.237 e. The molecule has 0 radical (unpaired) electrons. The molecule has 0 aliphatic heterocycles. The number of anilines is 1. The molecule has 0 aliphatic carbocycles. The molecule has 5 nitrogen and oxygen atoms in total. The van der Waals surface area contributed by atoms with Gasteiger partial charge in [0.1, 0.15) is 6.33 Å². The molecule has 7 heteroatoms. The van der Waals surface area contributed by atoms with Gasteiger partial charge in [0.2, 0.25) is 5.91 Å². The number of aryl methyl sites for hydroxylation is 2. The number of thioether (sulfide) groups is 1. The molecule has 3 rings (SSSR count). The van der Waals surface area contributed by atoms with Gasteiger partial charge in [-0.15, -0.1) is 10.2 Å². The number of rotatable bonds is 5. The van der Waals surface area contributed by atoms with E-state index >= 15 is 0 Å². The molecule has 0 bridgehead atoms. The number of nitrogens with one attached hydrogen (secondary N) is 1. The van der Waals surface area contributed by atoms with Crippen molar-refractivity contribution < 1.29 is 4.79 Å². The van der Waals surface area contributed by atoms with Gasteiger partial charge in [-0.1, -0.05) is 47.6 Å². The van der Waals surface area contributed by atoms with Crippen LogP contribution >= 0.6 is 23.4 Å². The number of carbonyl (C=O) groups is 1. The minimum atomic E-state index is -0.363. The number of hydrogen-bond acceptors (Lipinski definition) is 4. The second-order valence-corrected chi connectivity index (χ2v) is 7.72. The number of hydrogen-bond donors (Lipinski definition) is 1. The summed E-state index contributed by atoms with van der Waals surface area (Å²) in [5.41, 5.74) is 3.60. The third-order valence-electron chi connectivity index (χ3n) is 3.88. The first-order valence-electron chi connectivity index (χ1n) is 8.15. The van der Waals surface area contributed by atoms with Gasteiger partial charge in [0.25, 0.3) is 0 Å². The van der Waals surface area contributed by atoms with E-state index in [4.69, 9.17) is 11.6 Å². The van der Waals surface area contributed by atoms with Gasteiger partial charge in [-0.3, -0.25) is 9.36 Å². The number of para-hydroxylation sites is 1. The highest BCUT2D eigenvalue weighted by Gasteiger charge is 2.20. The van der Waals surface area contributed by atoms with Gasteiger partial charge in [-0.05, 0) is 50.1 Å². The number of carbonyl (C=O) groups excluding carboxylic acids is 1. The largest absolute Gasteiger partial charge is 0.324 e. The van der Waals surface area contributed by atoms with E-state index in [1.165, 1.54) is 11.8 Å². The quantitative estimate of drug-likeness (QED) is 0.648. The number of halogens is 1. The monoisotopic (exact) mass is 386 g/mol. The highest BCUT2D eigenvalue weighted by Crippen LogP contribution is 2.29. The van der Waals surface area contributed by atoms with Crippen LogP contribution in [0.25, 0.3) is 5.69 Å². The number of nitrogens with zero attached hydrogens (tertiary/aromatic N) is 3.